The number of hydrogen-bond donors (Lipinski definition) is 0. The van der Waals surface area contributed by atoms with Gasteiger partial charge in [0.25, 0.3) is 0 Å². The van der Waals surface area contributed by atoms with Gasteiger partial charge in [-0.25, -0.2) is 0 Å². The molecule has 1 atom stereocenters. The molecule has 0 aliphatic rings. The Labute approximate surface area is 122 Å². The molecule has 0 aliphatic heterocycles. The molecule has 0 aromatic heterocycles. The van der Waals surface area contributed by atoms with Crippen LogP contribution in [0.5, 0.6) is 0 Å². The van der Waals surface area contributed by atoms with Gasteiger partial charge in [0.1, 0.15) is 0 Å². The maximum atomic E-state index is 12.4. The van der Waals surface area contributed by atoms with E-state index in [4.69, 9.17) is 0 Å². The van der Waals surface area contributed by atoms with Crippen molar-refractivity contribution in [2.24, 2.45) is 0 Å². The van der Waals surface area contributed by atoms with Gasteiger partial charge in [0.15, 0.2) is 0 Å². The third-order valence-corrected chi connectivity index (χ3v) is 4.50. The molecule has 4 nitrogen and oxygen atoms in total. The molecule has 0 saturated heterocycles. The van der Waals surface area contributed by atoms with Crippen molar-refractivity contribution < 1.29 is 27.0 Å². The van der Waals surface area contributed by atoms with Gasteiger partial charge >= 0.3 is 122 Å². The Morgan fingerprint density at radius 3 is 2.32 bits per heavy atom. The summed E-state index contributed by atoms with van der Waals surface area (Å²) in [5.74, 6) is 0. The Balaban J connectivity index is 2.39. The second kappa shape index (κ2) is 6.09. The van der Waals surface area contributed by atoms with E-state index in [1.807, 2.05) is 22.8 Å². The molecule has 0 radical (unpaired) electrons. The van der Waals surface area contributed by atoms with E-state index in [1.54, 1.807) is 6.07 Å². The number of non-ortho nitro benzene ring substituents is 1. The van der Waals surface area contributed by atoms with E-state index in [2.05, 4.69) is 17.9 Å². The number of rotatable bonds is 4. The van der Waals surface area contributed by atoms with Crippen molar-refractivity contribution in [3.63, 3.8) is 0 Å². The van der Waals surface area contributed by atoms with Gasteiger partial charge in [-0.1, -0.05) is 0 Å². The van der Waals surface area contributed by atoms with E-state index in [1.165, 1.54) is 24.3 Å². The second-order valence-corrected chi connectivity index (χ2v) is 5.61. The predicted octanol–water partition coefficient (Wildman–Crippen LogP) is 2.46. The topological polar surface area (TPSA) is 60.2 Å². The van der Waals surface area contributed by atoms with Crippen molar-refractivity contribution >= 4 is 21.1 Å². The van der Waals surface area contributed by atoms with Crippen LogP contribution in [0.3, 0.4) is 0 Å². The molecule has 0 spiro atoms. The number of hydrogen-bond acceptors (Lipinski definition) is 3. The molecule has 19 heavy (non-hydrogen) atoms. The molecule has 2 aromatic rings. The summed E-state index contributed by atoms with van der Waals surface area (Å²) < 4.78 is 14.2. The zero-order valence-corrected chi connectivity index (χ0v) is 12.2. The van der Waals surface area contributed by atoms with Gasteiger partial charge in [-0.2, -0.15) is 0 Å². The van der Waals surface area contributed by atoms with Crippen molar-refractivity contribution in [3.05, 3.63) is 64.2 Å². The zero-order chi connectivity index (χ0) is 13.8. The molecule has 0 saturated carbocycles. The van der Waals surface area contributed by atoms with E-state index in [-0.39, 0.29) is 5.69 Å². The monoisotopic (exact) mass is 361 g/mol. The molecular formula is C13H9NO3RuS+. The fourth-order valence-corrected chi connectivity index (χ4v) is 3.33. The Hall–Kier alpha value is -1.52. The quantitative estimate of drug-likeness (QED) is 0.478. The molecule has 6 heteroatoms. The van der Waals surface area contributed by atoms with Gasteiger partial charge in [0, 0.05) is 0 Å². The van der Waals surface area contributed by atoms with Crippen LogP contribution in [-0.2, 0) is 28.7 Å². The van der Waals surface area contributed by atoms with Crippen LogP contribution in [0.25, 0.3) is 0 Å². The first-order chi connectivity index (χ1) is 9.13. The SMILES string of the molecule is O=[N+]([O-])c1ccc(S(=O)c2ccccc2[CH]=[Ru+])cc1. The Kier molecular flexibility index (Phi) is 4.45. The van der Waals surface area contributed by atoms with Gasteiger partial charge in [0.2, 0.25) is 0 Å². The van der Waals surface area contributed by atoms with E-state index >= 15 is 0 Å². The van der Waals surface area contributed by atoms with E-state index in [9.17, 15) is 14.3 Å². The third kappa shape index (κ3) is 3.08. The molecule has 0 fully saturated rings. The molecule has 1 unspecified atom stereocenters. The Morgan fingerprint density at radius 1 is 1.11 bits per heavy atom. The molecule has 0 aliphatic carbocycles. The number of nitrogens with zero attached hydrogens (tertiary/aromatic N) is 1. The number of benzene rings is 2. The van der Waals surface area contributed by atoms with Crippen LogP contribution in [0.15, 0.2) is 58.3 Å². The summed E-state index contributed by atoms with van der Waals surface area (Å²) in [6.45, 7) is 0. The maximum absolute atomic E-state index is 12.4. The van der Waals surface area contributed by atoms with Crippen LogP contribution in [0.4, 0.5) is 5.69 Å². The van der Waals surface area contributed by atoms with E-state index in [0.717, 1.165) is 5.56 Å². The Bertz CT molecular complexity index is 655. The first-order valence-electron chi connectivity index (χ1n) is 5.31. The van der Waals surface area contributed by atoms with Gasteiger partial charge < -0.3 is 0 Å². The molecule has 0 N–H and O–H groups in total. The second-order valence-electron chi connectivity index (χ2n) is 3.66. The Morgan fingerprint density at radius 2 is 1.74 bits per heavy atom. The number of nitro benzene ring substituents is 1. The van der Waals surface area contributed by atoms with Crippen LogP contribution >= 0.6 is 0 Å². The summed E-state index contributed by atoms with van der Waals surface area (Å²) in [5.41, 5.74) is 0.864. The third-order valence-electron chi connectivity index (χ3n) is 2.49. The summed E-state index contributed by atoms with van der Waals surface area (Å²) >= 11 is 2.38. The minimum absolute atomic E-state index is 0.00708. The summed E-state index contributed by atoms with van der Waals surface area (Å²) in [5, 5.41) is 10.6. The minimum atomic E-state index is -1.34. The molecule has 0 bridgehead atoms. The number of nitro groups is 1. The van der Waals surface area contributed by atoms with Crippen LogP contribution in [0, 0.1) is 10.1 Å². The van der Waals surface area contributed by atoms with Gasteiger partial charge in [-0.15, -0.1) is 0 Å². The van der Waals surface area contributed by atoms with Crippen LogP contribution < -0.4 is 0 Å². The van der Waals surface area contributed by atoms with Gasteiger partial charge in [-0.05, 0) is 0 Å². The normalized spacial score (nSPS) is 11.8. The van der Waals surface area contributed by atoms with E-state index < -0.39 is 15.7 Å². The van der Waals surface area contributed by atoms with Crippen molar-refractivity contribution in [1.82, 2.24) is 0 Å². The molecule has 97 valence electrons. The summed E-state index contributed by atoms with van der Waals surface area (Å²) in [6.07, 6.45) is 0. The average molecular weight is 360 g/mol. The van der Waals surface area contributed by atoms with Gasteiger partial charge in [-0.3, -0.25) is 0 Å². The average Bonchev–Trinajstić information content (AvgIpc) is 2.46. The van der Waals surface area contributed by atoms with Crippen molar-refractivity contribution in [3.8, 4) is 0 Å². The van der Waals surface area contributed by atoms with Crippen molar-refractivity contribution in [2.45, 2.75) is 9.79 Å². The summed E-state index contributed by atoms with van der Waals surface area (Å²) in [6, 6.07) is 13.1. The standard InChI is InChI=1S/C13H9NO3S.Ru/c1-10-4-2-3-5-13(10)18(17)12-8-6-11(7-9-12)14(15)16;/h1-9H;/q;+1. The van der Waals surface area contributed by atoms with Gasteiger partial charge in [0.05, 0.1) is 0 Å². The fraction of sp³-hybridized carbons (Fsp3) is 0. The summed E-state index contributed by atoms with van der Waals surface area (Å²) in [4.78, 5) is 11.3. The zero-order valence-electron chi connectivity index (χ0n) is 9.63. The predicted molar refractivity (Wildman–Crippen MR) is 69.4 cm³/mol. The van der Waals surface area contributed by atoms with Crippen LogP contribution in [0.1, 0.15) is 5.56 Å². The molecule has 2 rings (SSSR count). The summed E-state index contributed by atoms with van der Waals surface area (Å²) in [7, 11) is -1.34. The molecular weight excluding hydrogens is 351 g/mol. The first kappa shape index (κ1) is 13.9. The van der Waals surface area contributed by atoms with E-state index in [0.29, 0.717) is 9.79 Å². The molecule has 0 heterocycles. The first-order valence-corrected chi connectivity index (χ1v) is 7.46. The van der Waals surface area contributed by atoms with Crippen molar-refractivity contribution in [1.29, 1.82) is 0 Å². The molecule has 0 amide bonds. The van der Waals surface area contributed by atoms with Crippen LogP contribution in [0.2, 0.25) is 0 Å². The fourth-order valence-electron chi connectivity index (χ4n) is 1.55. The van der Waals surface area contributed by atoms with Crippen LogP contribution in [-0.4, -0.2) is 13.7 Å². The van der Waals surface area contributed by atoms with Crippen molar-refractivity contribution in [2.75, 3.05) is 0 Å². The molecule has 2 aromatic carbocycles.